The average molecular weight is 339 g/mol. The van der Waals surface area contributed by atoms with E-state index in [-0.39, 0.29) is 5.92 Å². The maximum atomic E-state index is 12.9. The quantitative estimate of drug-likeness (QED) is 0.667. The highest BCUT2D eigenvalue weighted by Gasteiger charge is 2.32. The summed E-state index contributed by atoms with van der Waals surface area (Å²) in [5.41, 5.74) is 0.341. The molecule has 4 heteroatoms. The Morgan fingerprint density at radius 3 is 2.29 bits per heavy atom. The number of nitrogens with zero attached hydrogens (tertiary/aromatic N) is 1. The van der Waals surface area contributed by atoms with Gasteiger partial charge in [-0.05, 0) is 69.2 Å². The zero-order chi connectivity index (χ0) is 17.2. The van der Waals surface area contributed by atoms with Gasteiger partial charge in [0.1, 0.15) is 0 Å². The van der Waals surface area contributed by atoms with E-state index >= 15 is 0 Å². The molecule has 0 aromatic heterocycles. The van der Waals surface area contributed by atoms with Gasteiger partial charge in [0.25, 0.3) is 0 Å². The maximum Gasteiger partial charge on any atom is 0.416 e. The molecule has 2 aliphatic rings. The molecule has 1 heterocycles. The maximum absolute atomic E-state index is 12.9. The van der Waals surface area contributed by atoms with Gasteiger partial charge in [-0.2, -0.15) is 13.2 Å². The Bertz CT molecular complexity index is 526. The minimum absolute atomic E-state index is 0.266. The van der Waals surface area contributed by atoms with Gasteiger partial charge < -0.3 is 4.90 Å². The van der Waals surface area contributed by atoms with Gasteiger partial charge in [0, 0.05) is 6.04 Å². The lowest BCUT2D eigenvalue weighted by Gasteiger charge is -2.41. The molecule has 1 aromatic rings. The largest absolute Gasteiger partial charge is 0.416 e. The molecular formula is C20H28F3N. The Morgan fingerprint density at radius 2 is 1.67 bits per heavy atom. The fourth-order valence-corrected chi connectivity index (χ4v) is 4.52. The molecule has 1 nitrogen and oxygen atoms in total. The highest BCUT2D eigenvalue weighted by atomic mass is 19.4. The SMILES string of the molecule is CC(C1CCCCC1)N1CCC(c2cccc(C(F)(F)F)c2)CC1. The summed E-state index contributed by atoms with van der Waals surface area (Å²) in [5, 5.41) is 0. The van der Waals surface area contributed by atoms with Crippen LogP contribution < -0.4 is 0 Å². The number of rotatable bonds is 3. The van der Waals surface area contributed by atoms with E-state index in [1.807, 2.05) is 6.07 Å². The normalized spacial score (nSPS) is 23.3. The van der Waals surface area contributed by atoms with Crippen molar-refractivity contribution in [1.82, 2.24) is 4.90 Å². The smallest absolute Gasteiger partial charge is 0.300 e. The summed E-state index contributed by atoms with van der Waals surface area (Å²) in [6.45, 7) is 4.37. The first-order valence-electron chi connectivity index (χ1n) is 9.36. The second-order valence-electron chi connectivity index (χ2n) is 7.57. The number of likely N-dealkylation sites (tertiary alicyclic amines) is 1. The summed E-state index contributed by atoms with van der Waals surface area (Å²) in [6.07, 6.45) is 4.47. The summed E-state index contributed by atoms with van der Waals surface area (Å²) in [6, 6.07) is 6.55. The molecule has 1 unspecified atom stereocenters. The highest BCUT2D eigenvalue weighted by Crippen LogP contribution is 2.36. The molecule has 1 aromatic carbocycles. The van der Waals surface area contributed by atoms with Crippen LogP contribution in [0.4, 0.5) is 13.2 Å². The molecule has 0 amide bonds. The first-order chi connectivity index (χ1) is 11.4. The first-order valence-corrected chi connectivity index (χ1v) is 9.36. The summed E-state index contributed by atoms with van der Waals surface area (Å²) in [5.74, 6) is 1.07. The fraction of sp³-hybridized carbons (Fsp3) is 0.700. The van der Waals surface area contributed by atoms with Crippen molar-refractivity contribution >= 4 is 0 Å². The zero-order valence-electron chi connectivity index (χ0n) is 14.5. The third-order valence-corrected chi connectivity index (χ3v) is 6.12. The van der Waals surface area contributed by atoms with Crippen LogP contribution in [-0.4, -0.2) is 24.0 Å². The molecule has 24 heavy (non-hydrogen) atoms. The highest BCUT2D eigenvalue weighted by molar-refractivity contribution is 5.28. The lowest BCUT2D eigenvalue weighted by atomic mass is 9.82. The Balaban J connectivity index is 1.59. The Labute approximate surface area is 143 Å². The van der Waals surface area contributed by atoms with E-state index in [4.69, 9.17) is 0 Å². The molecule has 0 N–H and O–H groups in total. The lowest BCUT2D eigenvalue weighted by Crippen LogP contribution is -2.43. The van der Waals surface area contributed by atoms with Gasteiger partial charge in [-0.1, -0.05) is 37.5 Å². The molecule has 2 fully saturated rings. The monoisotopic (exact) mass is 339 g/mol. The minimum Gasteiger partial charge on any atom is -0.300 e. The number of hydrogen-bond acceptors (Lipinski definition) is 1. The van der Waals surface area contributed by atoms with Crippen LogP contribution in [0.2, 0.25) is 0 Å². The predicted octanol–water partition coefficient (Wildman–Crippen LogP) is 5.85. The van der Waals surface area contributed by atoms with Gasteiger partial charge in [-0.15, -0.1) is 0 Å². The molecule has 1 aliphatic carbocycles. The summed E-state index contributed by atoms with van der Waals surface area (Å²) in [7, 11) is 0. The van der Waals surface area contributed by atoms with Crippen molar-refractivity contribution in [2.24, 2.45) is 5.92 Å². The van der Waals surface area contributed by atoms with Gasteiger partial charge in [0.2, 0.25) is 0 Å². The van der Waals surface area contributed by atoms with Crippen LogP contribution in [0.1, 0.15) is 68.9 Å². The molecule has 0 bridgehead atoms. The molecule has 3 rings (SSSR count). The molecule has 0 spiro atoms. The zero-order valence-corrected chi connectivity index (χ0v) is 14.5. The first kappa shape index (κ1) is 17.8. The second-order valence-corrected chi connectivity index (χ2v) is 7.57. The van der Waals surface area contributed by atoms with E-state index in [9.17, 15) is 13.2 Å². The van der Waals surface area contributed by atoms with Crippen molar-refractivity contribution in [3.63, 3.8) is 0 Å². The number of piperidine rings is 1. The number of alkyl halides is 3. The summed E-state index contributed by atoms with van der Waals surface area (Å²) >= 11 is 0. The van der Waals surface area contributed by atoms with Crippen LogP contribution in [0.5, 0.6) is 0 Å². The third kappa shape index (κ3) is 4.14. The molecule has 1 atom stereocenters. The van der Waals surface area contributed by atoms with Crippen LogP contribution in [0.25, 0.3) is 0 Å². The molecule has 0 radical (unpaired) electrons. The molecule has 1 saturated carbocycles. The fourth-order valence-electron chi connectivity index (χ4n) is 4.52. The van der Waals surface area contributed by atoms with Gasteiger partial charge in [0.15, 0.2) is 0 Å². The molecule has 1 aliphatic heterocycles. The van der Waals surface area contributed by atoms with Crippen molar-refractivity contribution in [2.75, 3.05) is 13.1 Å². The van der Waals surface area contributed by atoms with Gasteiger partial charge >= 0.3 is 6.18 Å². The summed E-state index contributed by atoms with van der Waals surface area (Å²) in [4.78, 5) is 2.57. The van der Waals surface area contributed by atoms with Gasteiger partial charge in [-0.25, -0.2) is 0 Å². The van der Waals surface area contributed by atoms with Crippen molar-refractivity contribution in [1.29, 1.82) is 0 Å². The predicted molar refractivity (Wildman–Crippen MR) is 91.0 cm³/mol. The standard InChI is InChI=1S/C20H28F3N/c1-15(16-6-3-2-4-7-16)24-12-10-17(11-13-24)18-8-5-9-19(14-18)20(21,22)23/h5,8-9,14-17H,2-4,6-7,10-13H2,1H3. The number of hydrogen-bond donors (Lipinski definition) is 0. The topological polar surface area (TPSA) is 3.24 Å². The number of halogens is 3. The van der Waals surface area contributed by atoms with Gasteiger partial charge in [-0.3, -0.25) is 0 Å². The molecule has 134 valence electrons. The Hall–Kier alpha value is -1.03. The Kier molecular flexibility index (Phi) is 5.53. The van der Waals surface area contributed by atoms with Crippen LogP contribution in [0.3, 0.4) is 0 Å². The second kappa shape index (κ2) is 7.47. The Morgan fingerprint density at radius 1 is 1.00 bits per heavy atom. The molecule has 1 saturated heterocycles. The van der Waals surface area contributed by atoms with E-state index in [1.165, 1.54) is 44.2 Å². The van der Waals surface area contributed by atoms with Crippen molar-refractivity contribution in [2.45, 2.75) is 70.0 Å². The van der Waals surface area contributed by atoms with Crippen molar-refractivity contribution in [3.05, 3.63) is 35.4 Å². The van der Waals surface area contributed by atoms with Crippen LogP contribution in [0.15, 0.2) is 24.3 Å². The lowest BCUT2D eigenvalue weighted by molar-refractivity contribution is -0.137. The van der Waals surface area contributed by atoms with Crippen LogP contribution >= 0.6 is 0 Å². The average Bonchev–Trinajstić information content (AvgIpc) is 2.61. The van der Waals surface area contributed by atoms with Crippen LogP contribution in [0, 0.1) is 5.92 Å². The van der Waals surface area contributed by atoms with Crippen molar-refractivity contribution < 1.29 is 13.2 Å². The summed E-state index contributed by atoms with van der Waals surface area (Å²) < 4.78 is 38.7. The van der Waals surface area contributed by atoms with Crippen molar-refractivity contribution in [3.8, 4) is 0 Å². The van der Waals surface area contributed by atoms with E-state index in [1.54, 1.807) is 6.07 Å². The third-order valence-electron chi connectivity index (χ3n) is 6.12. The molecular weight excluding hydrogens is 311 g/mol. The van der Waals surface area contributed by atoms with E-state index in [0.29, 0.717) is 6.04 Å². The van der Waals surface area contributed by atoms with E-state index in [0.717, 1.165) is 37.4 Å². The van der Waals surface area contributed by atoms with Gasteiger partial charge in [0.05, 0.1) is 5.56 Å². The van der Waals surface area contributed by atoms with E-state index in [2.05, 4.69) is 11.8 Å². The number of benzene rings is 1. The minimum atomic E-state index is -4.24. The van der Waals surface area contributed by atoms with E-state index < -0.39 is 11.7 Å². The van der Waals surface area contributed by atoms with Crippen LogP contribution in [-0.2, 0) is 6.18 Å².